The van der Waals surface area contributed by atoms with Crippen molar-refractivity contribution in [3.63, 3.8) is 0 Å². The van der Waals surface area contributed by atoms with Gasteiger partial charge in [-0.05, 0) is 41.5 Å². The standard InChI is InChI=1S/C24H22N4O4S2/c1-31-21-11-10-15(12-22(21)32-2)17(18-13-25-19-7-4-3-6-16(18)19)14-26-34(29,30)23-9-5-8-20-24(23)28-33-27-20/h3-13,17,25-26H,14H2,1-2H3/t17-/m1/s1. The predicted molar refractivity (Wildman–Crippen MR) is 132 cm³/mol. The molecule has 0 aliphatic heterocycles. The monoisotopic (exact) mass is 494 g/mol. The Morgan fingerprint density at radius 1 is 1.00 bits per heavy atom. The first-order valence-corrected chi connectivity index (χ1v) is 12.7. The molecule has 10 heteroatoms. The van der Waals surface area contributed by atoms with Crippen molar-refractivity contribution in [3.8, 4) is 11.5 Å². The number of fused-ring (bicyclic) bond motifs is 2. The topological polar surface area (TPSA) is 106 Å². The summed E-state index contributed by atoms with van der Waals surface area (Å²) < 4.78 is 48.6. The highest BCUT2D eigenvalue weighted by Gasteiger charge is 2.25. The molecule has 1 atom stereocenters. The molecule has 0 saturated carbocycles. The van der Waals surface area contributed by atoms with Crippen molar-refractivity contribution in [1.82, 2.24) is 18.5 Å². The quantitative estimate of drug-likeness (QED) is 0.333. The minimum absolute atomic E-state index is 0.115. The molecule has 5 rings (SSSR count). The van der Waals surface area contributed by atoms with Gasteiger partial charge in [-0.3, -0.25) is 0 Å². The molecule has 8 nitrogen and oxygen atoms in total. The summed E-state index contributed by atoms with van der Waals surface area (Å²) in [4.78, 5) is 3.40. The number of aromatic nitrogens is 3. The predicted octanol–water partition coefficient (Wildman–Crippen LogP) is 4.30. The van der Waals surface area contributed by atoms with Crippen LogP contribution in [0.15, 0.2) is 71.8 Å². The molecule has 0 amide bonds. The Labute approximate surface area is 200 Å². The molecule has 0 aliphatic carbocycles. The third kappa shape index (κ3) is 4.00. The molecule has 34 heavy (non-hydrogen) atoms. The first-order valence-electron chi connectivity index (χ1n) is 10.5. The number of hydrogen-bond acceptors (Lipinski definition) is 7. The van der Waals surface area contributed by atoms with Gasteiger partial charge < -0.3 is 14.5 Å². The minimum atomic E-state index is -3.84. The van der Waals surface area contributed by atoms with Gasteiger partial charge in [-0.25, -0.2) is 13.1 Å². The Morgan fingerprint density at radius 2 is 1.82 bits per heavy atom. The van der Waals surface area contributed by atoms with E-state index >= 15 is 0 Å². The lowest BCUT2D eigenvalue weighted by Gasteiger charge is -2.20. The average Bonchev–Trinajstić information content (AvgIpc) is 3.51. The number of benzene rings is 3. The van der Waals surface area contributed by atoms with Crippen molar-refractivity contribution in [1.29, 1.82) is 0 Å². The Hall–Kier alpha value is -3.47. The highest BCUT2D eigenvalue weighted by Crippen LogP contribution is 2.36. The van der Waals surface area contributed by atoms with Gasteiger partial charge in [0.2, 0.25) is 10.0 Å². The fourth-order valence-corrected chi connectivity index (χ4v) is 5.94. The van der Waals surface area contributed by atoms with Gasteiger partial charge >= 0.3 is 0 Å². The van der Waals surface area contributed by atoms with Gasteiger partial charge in [0.1, 0.15) is 15.9 Å². The van der Waals surface area contributed by atoms with E-state index in [0.717, 1.165) is 33.8 Å². The maximum atomic E-state index is 13.3. The van der Waals surface area contributed by atoms with Crippen molar-refractivity contribution < 1.29 is 17.9 Å². The van der Waals surface area contributed by atoms with Crippen LogP contribution in [-0.2, 0) is 10.0 Å². The molecule has 2 heterocycles. The van der Waals surface area contributed by atoms with Crippen molar-refractivity contribution in [2.45, 2.75) is 10.8 Å². The van der Waals surface area contributed by atoms with E-state index in [1.807, 2.05) is 48.7 Å². The van der Waals surface area contributed by atoms with Gasteiger partial charge in [0.25, 0.3) is 0 Å². The fourth-order valence-electron chi connectivity index (χ4n) is 4.13. The van der Waals surface area contributed by atoms with Crippen LogP contribution in [0.2, 0.25) is 0 Å². The smallest absolute Gasteiger partial charge is 0.242 e. The molecule has 0 aliphatic rings. The third-order valence-corrected chi connectivity index (χ3v) is 7.82. The van der Waals surface area contributed by atoms with E-state index in [-0.39, 0.29) is 17.4 Å². The summed E-state index contributed by atoms with van der Waals surface area (Å²) in [6.07, 6.45) is 1.92. The Morgan fingerprint density at radius 3 is 2.65 bits per heavy atom. The summed E-state index contributed by atoms with van der Waals surface area (Å²) in [6, 6.07) is 18.5. The highest BCUT2D eigenvalue weighted by atomic mass is 32.2. The van der Waals surface area contributed by atoms with Gasteiger partial charge in [0.05, 0.1) is 25.9 Å². The Bertz CT molecular complexity index is 1580. The van der Waals surface area contributed by atoms with Gasteiger partial charge in [0, 0.05) is 29.6 Å². The third-order valence-electron chi connectivity index (χ3n) is 5.82. The second-order valence-corrected chi connectivity index (χ2v) is 9.96. The number of aromatic amines is 1. The number of para-hydroxylation sites is 1. The molecule has 5 aromatic rings. The van der Waals surface area contributed by atoms with Crippen LogP contribution in [0.5, 0.6) is 11.5 Å². The van der Waals surface area contributed by atoms with Crippen LogP contribution in [0.3, 0.4) is 0 Å². The van der Waals surface area contributed by atoms with Crippen LogP contribution in [0.4, 0.5) is 0 Å². The van der Waals surface area contributed by atoms with Crippen LogP contribution >= 0.6 is 11.7 Å². The highest BCUT2D eigenvalue weighted by molar-refractivity contribution is 7.89. The second kappa shape index (κ2) is 9.05. The van der Waals surface area contributed by atoms with Gasteiger partial charge in [-0.2, -0.15) is 8.75 Å². The van der Waals surface area contributed by atoms with E-state index < -0.39 is 10.0 Å². The van der Waals surface area contributed by atoms with Crippen LogP contribution in [-0.4, -0.2) is 42.9 Å². The van der Waals surface area contributed by atoms with E-state index in [2.05, 4.69) is 18.5 Å². The van der Waals surface area contributed by atoms with Crippen molar-refractivity contribution in [2.75, 3.05) is 20.8 Å². The maximum Gasteiger partial charge on any atom is 0.242 e. The van der Waals surface area contributed by atoms with E-state index in [0.29, 0.717) is 22.5 Å². The number of hydrogen-bond donors (Lipinski definition) is 2. The minimum Gasteiger partial charge on any atom is -0.493 e. The molecule has 2 aromatic heterocycles. The summed E-state index contributed by atoms with van der Waals surface area (Å²) in [5.41, 5.74) is 3.76. The first-order chi connectivity index (χ1) is 16.5. The molecule has 0 bridgehead atoms. The van der Waals surface area contributed by atoms with E-state index in [1.165, 1.54) is 0 Å². The van der Waals surface area contributed by atoms with Crippen molar-refractivity contribution in [2.24, 2.45) is 0 Å². The number of nitrogens with zero attached hydrogens (tertiary/aromatic N) is 2. The number of nitrogens with one attached hydrogen (secondary N) is 2. The number of H-pyrrole nitrogens is 1. The maximum absolute atomic E-state index is 13.3. The van der Waals surface area contributed by atoms with Crippen LogP contribution in [0.1, 0.15) is 17.0 Å². The van der Waals surface area contributed by atoms with Crippen molar-refractivity contribution in [3.05, 3.63) is 78.0 Å². The molecular formula is C24H22N4O4S2. The van der Waals surface area contributed by atoms with E-state index in [1.54, 1.807) is 32.4 Å². The Balaban J connectivity index is 1.56. The number of ether oxygens (including phenoxy) is 2. The molecule has 2 N–H and O–H groups in total. The zero-order chi connectivity index (χ0) is 23.7. The molecule has 174 valence electrons. The first kappa shape index (κ1) is 22.3. The van der Waals surface area contributed by atoms with Gasteiger partial charge in [0.15, 0.2) is 11.5 Å². The molecule has 0 saturated heterocycles. The number of rotatable bonds is 8. The normalized spacial score (nSPS) is 12.8. The Kier molecular flexibility index (Phi) is 5.94. The number of methoxy groups -OCH3 is 2. The lowest BCUT2D eigenvalue weighted by Crippen LogP contribution is -2.29. The van der Waals surface area contributed by atoms with Crippen LogP contribution in [0, 0.1) is 0 Å². The summed E-state index contributed by atoms with van der Waals surface area (Å²) in [7, 11) is -0.688. The molecule has 0 unspecified atom stereocenters. The zero-order valence-corrected chi connectivity index (χ0v) is 20.1. The average molecular weight is 495 g/mol. The molecular weight excluding hydrogens is 472 g/mol. The molecule has 3 aromatic carbocycles. The molecule has 0 radical (unpaired) electrons. The second-order valence-electron chi connectivity index (χ2n) is 7.70. The summed E-state index contributed by atoms with van der Waals surface area (Å²) in [5, 5.41) is 1.02. The molecule has 0 spiro atoms. The van der Waals surface area contributed by atoms with E-state index in [4.69, 9.17) is 9.47 Å². The lowest BCUT2D eigenvalue weighted by atomic mass is 9.91. The molecule has 0 fully saturated rings. The van der Waals surface area contributed by atoms with Gasteiger partial charge in [-0.15, -0.1) is 0 Å². The zero-order valence-electron chi connectivity index (χ0n) is 18.5. The summed E-state index contributed by atoms with van der Waals surface area (Å²) >= 11 is 0.989. The fraction of sp³-hybridized carbons (Fsp3) is 0.167. The van der Waals surface area contributed by atoms with Crippen LogP contribution < -0.4 is 14.2 Å². The van der Waals surface area contributed by atoms with Gasteiger partial charge in [-0.1, -0.05) is 30.3 Å². The van der Waals surface area contributed by atoms with Crippen molar-refractivity contribution >= 4 is 43.7 Å². The lowest BCUT2D eigenvalue weighted by molar-refractivity contribution is 0.354. The largest absolute Gasteiger partial charge is 0.493 e. The van der Waals surface area contributed by atoms with Crippen LogP contribution in [0.25, 0.3) is 21.9 Å². The summed E-state index contributed by atoms with van der Waals surface area (Å²) in [6.45, 7) is 0.133. The number of sulfonamides is 1. The van der Waals surface area contributed by atoms with E-state index in [9.17, 15) is 8.42 Å². The SMILES string of the molecule is COc1ccc([C@@H](CNS(=O)(=O)c2cccc3nsnc23)c2c[nH]c3ccccc23)cc1OC. The summed E-state index contributed by atoms with van der Waals surface area (Å²) in [5.74, 6) is 0.886.